The molecule has 40 heavy (non-hydrogen) atoms. The minimum Gasteiger partial charge on any atom is -0.490 e. The maximum Gasteiger partial charge on any atom is 0.405 e. The second-order valence-corrected chi connectivity index (χ2v) is 9.95. The minimum atomic E-state index is -4.47. The Bertz CT molecular complexity index is 1450. The van der Waals surface area contributed by atoms with Crippen molar-refractivity contribution >= 4 is 23.2 Å². The zero-order valence-electron chi connectivity index (χ0n) is 21.9. The van der Waals surface area contributed by atoms with Gasteiger partial charge in [-0.25, -0.2) is 9.78 Å². The number of aromatic nitrogens is 2. The van der Waals surface area contributed by atoms with E-state index in [0.29, 0.717) is 19.5 Å². The molecule has 2 aliphatic rings. The van der Waals surface area contributed by atoms with Gasteiger partial charge in [-0.1, -0.05) is 30.4 Å². The van der Waals surface area contributed by atoms with E-state index in [-0.39, 0.29) is 12.0 Å². The average molecular weight is 554 g/mol. The maximum absolute atomic E-state index is 12.4. The second kappa shape index (κ2) is 11.4. The van der Waals surface area contributed by atoms with Crippen LogP contribution >= 0.6 is 0 Å². The Kier molecular flexibility index (Phi) is 7.81. The van der Waals surface area contributed by atoms with Gasteiger partial charge < -0.3 is 20.3 Å². The molecule has 1 aliphatic carbocycles. The van der Waals surface area contributed by atoms with Crippen molar-refractivity contribution in [3.8, 4) is 16.9 Å². The molecule has 0 spiro atoms. The van der Waals surface area contributed by atoms with E-state index in [4.69, 9.17) is 4.74 Å². The van der Waals surface area contributed by atoms with E-state index in [0.717, 1.165) is 46.6 Å². The molecule has 1 saturated heterocycles. The molecule has 1 aromatic carbocycles. The molecule has 11 heteroatoms. The number of benzene rings is 1. The van der Waals surface area contributed by atoms with Crippen molar-refractivity contribution in [1.29, 1.82) is 0 Å². The van der Waals surface area contributed by atoms with E-state index in [1.165, 1.54) is 0 Å². The van der Waals surface area contributed by atoms with Crippen molar-refractivity contribution in [2.24, 2.45) is 0 Å². The molecule has 1 atom stereocenters. The minimum absolute atomic E-state index is 0.0639. The third-order valence-corrected chi connectivity index (χ3v) is 7.00. The molecule has 1 fully saturated rings. The summed E-state index contributed by atoms with van der Waals surface area (Å²) in [5.41, 5.74) is 4.28. The van der Waals surface area contributed by atoms with Crippen LogP contribution in [0.5, 0.6) is 5.75 Å². The van der Waals surface area contributed by atoms with Gasteiger partial charge in [-0.15, -0.1) is 0 Å². The third kappa shape index (κ3) is 6.64. The van der Waals surface area contributed by atoms with Crippen molar-refractivity contribution < 1.29 is 27.5 Å². The highest BCUT2D eigenvalue weighted by Crippen LogP contribution is 2.29. The SMILES string of the molecule is CC(=O)N1CCC(Oc2cccc(-c3ccn4c(C5=CC(NC(=O)NCC(F)(F)F)CC=C5)cnc4c3)c2)CC1. The number of hydrogen-bond acceptors (Lipinski definition) is 4. The van der Waals surface area contributed by atoms with Crippen molar-refractivity contribution in [3.05, 3.63) is 72.7 Å². The topological polar surface area (TPSA) is 88.0 Å². The Balaban J connectivity index is 1.27. The molecule has 8 nitrogen and oxygen atoms in total. The lowest BCUT2D eigenvalue weighted by atomic mass is 10.0. The summed E-state index contributed by atoms with van der Waals surface area (Å²) in [6.45, 7) is 1.61. The molecule has 0 bridgehead atoms. The van der Waals surface area contributed by atoms with E-state index < -0.39 is 24.8 Å². The van der Waals surface area contributed by atoms with Gasteiger partial charge in [0.25, 0.3) is 0 Å². The molecule has 210 valence electrons. The van der Waals surface area contributed by atoms with Crippen LogP contribution in [0.25, 0.3) is 22.3 Å². The van der Waals surface area contributed by atoms with Crippen LogP contribution in [0.2, 0.25) is 0 Å². The summed E-state index contributed by atoms with van der Waals surface area (Å²) in [7, 11) is 0. The zero-order valence-corrected chi connectivity index (χ0v) is 21.9. The van der Waals surface area contributed by atoms with Gasteiger partial charge in [0, 0.05) is 39.1 Å². The number of likely N-dealkylation sites (tertiary alicyclic amines) is 1. The van der Waals surface area contributed by atoms with Gasteiger partial charge in [0.05, 0.1) is 17.9 Å². The van der Waals surface area contributed by atoms with Crippen LogP contribution < -0.4 is 15.4 Å². The number of hydrogen-bond donors (Lipinski definition) is 2. The van der Waals surface area contributed by atoms with Gasteiger partial charge in [-0.2, -0.15) is 13.2 Å². The predicted octanol–water partition coefficient (Wildman–Crippen LogP) is 4.96. The van der Waals surface area contributed by atoms with Gasteiger partial charge in [-0.05, 0) is 47.4 Å². The van der Waals surface area contributed by atoms with Crippen molar-refractivity contribution in [2.75, 3.05) is 19.6 Å². The summed E-state index contributed by atoms with van der Waals surface area (Å²) in [5.74, 6) is 0.871. The number of nitrogens with one attached hydrogen (secondary N) is 2. The summed E-state index contributed by atoms with van der Waals surface area (Å²) in [4.78, 5) is 29.9. The van der Waals surface area contributed by atoms with Crippen LogP contribution in [0.15, 0.2) is 67.0 Å². The number of halogens is 3. The molecular formula is C29H30F3N5O3. The zero-order chi connectivity index (χ0) is 28.3. The number of pyridine rings is 1. The number of rotatable bonds is 6. The van der Waals surface area contributed by atoms with Crippen LogP contribution in [0.1, 0.15) is 31.9 Å². The summed E-state index contributed by atoms with van der Waals surface area (Å²) in [6.07, 6.45) is 6.89. The highest BCUT2D eigenvalue weighted by atomic mass is 19.4. The molecule has 3 heterocycles. The number of allylic oxidation sites excluding steroid dienone is 2. The smallest absolute Gasteiger partial charge is 0.405 e. The highest BCUT2D eigenvalue weighted by molar-refractivity contribution is 5.79. The predicted molar refractivity (Wildman–Crippen MR) is 145 cm³/mol. The van der Waals surface area contributed by atoms with E-state index in [1.807, 2.05) is 75.4 Å². The molecule has 1 unspecified atom stereocenters. The number of amides is 3. The van der Waals surface area contributed by atoms with Crippen LogP contribution in [0.4, 0.5) is 18.0 Å². The fourth-order valence-corrected chi connectivity index (χ4v) is 4.96. The Morgan fingerprint density at radius 3 is 2.65 bits per heavy atom. The van der Waals surface area contributed by atoms with Crippen LogP contribution in [0, 0.1) is 0 Å². The van der Waals surface area contributed by atoms with Crippen LogP contribution in [-0.2, 0) is 4.79 Å². The van der Waals surface area contributed by atoms with Gasteiger partial charge in [0.15, 0.2) is 0 Å². The van der Waals surface area contributed by atoms with Gasteiger partial charge in [0.2, 0.25) is 5.91 Å². The molecule has 2 aromatic heterocycles. The molecule has 0 radical (unpaired) electrons. The van der Waals surface area contributed by atoms with Gasteiger partial charge in [-0.3, -0.25) is 9.20 Å². The number of imidazole rings is 1. The molecule has 0 saturated carbocycles. The van der Waals surface area contributed by atoms with Gasteiger partial charge in [0.1, 0.15) is 24.0 Å². The number of urea groups is 1. The van der Waals surface area contributed by atoms with Crippen LogP contribution in [0.3, 0.4) is 0 Å². The first-order valence-corrected chi connectivity index (χ1v) is 13.1. The van der Waals surface area contributed by atoms with E-state index >= 15 is 0 Å². The molecule has 3 aromatic rings. The lowest BCUT2D eigenvalue weighted by Gasteiger charge is -2.31. The Morgan fingerprint density at radius 1 is 1.12 bits per heavy atom. The number of carbonyl (C=O) groups is 2. The summed E-state index contributed by atoms with van der Waals surface area (Å²) >= 11 is 0. The fourth-order valence-electron chi connectivity index (χ4n) is 4.96. The number of piperidine rings is 1. The standard InChI is InChI=1S/C29H30F3N5O3/c1-19(38)36-11-9-24(10-12-36)40-25-7-3-4-20(15-25)21-8-13-37-26(17-33-27(37)16-21)22-5-2-6-23(14-22)35-28(39)34-18-29(30,31)32/h2-5,7-8,13-17,23-24H,6,9-12,18H2,1H3,(H2,34,35,39). The molecular weight excluding hydrogens is 523 g/mol. The first-order valence-electron chi connectivity index (χ1n) is 13.1. The summed E-state index contributed by atoms with van der Waals surface area (Å²) in [6, 6.07) is 10.5. The fraction of sp³-hybridized carbons (Fsp3) is 0.345. The van der Waals surface area contributed by atoms with Gasteiger partial charge >= 0.3 is 12.2 Å². The number of nitrogens with zero attached hydrogens (tertiary/aromatic N) is 3. The molecule has 1 aliphatic heterocycles. The number of carbonyl (C=O) groups excluding carboxylic acids is 2. The Morgan fingerprint density at radius 2 is 1.90 bits per heavy atom. The lowest BCUT2D eigenvalue weighted by Crippen LogP contribution is -2.44. The second-order valence-electron chi connectivity index (χ2n) is 9.95. The third-order valence-electron chi connectivity index (χ3n) is 7.00. The number of alkyl halides is 3. The Hall–Kier alpha value is -4.28. The first kappa shape index (κ1) is 27.3. The largest absolute Gasteiger partial charge is 0.490 e. The van der Waals surface area contributed by atoms with Crippen molar-refractivity contribution in [1.82, 2.24) is 24.9 Å². The summed E-state index contributed by atoms with van der Waals surface area (Å²) in [5, 5.41) is 4.40. The maximum atomic E-state index is 12.4. The lowest BCUT2D eigenvalue weighted by molar-refractivity contribution is -0.130. The van der Waals surface area contributed by atoms with Crippen molar-refractivity contribution in [2.45, 2.75) is 44.5 Å². The molecule has 5 rings (SSSR count). The number of fused-ring (bicyclic) bond motifs is 1. The quantitative estimate of drug-likeness (QED) is 0.452. The average Bonchev–Trinajstić information content (AvgIpc) is 3.36. The molecule has 3 amide bonds. The van der Waals surface area contributed by atoms with E-state index in [2.05, 4.69) is 10.3 Å². The first-order chi connectivity index (χ1) is 19.1. The van der Waals surface area contributed by atoms with Crippen LogP contribution in [-0.4, -0.2) is 64.2 Å². The number of ether oxygens (including phenoxy) is 1. The highest BCUT2D eigenvalue weighted by Gasteiger charge is 2.28. The van der Waals surface area contributed by atoms with Crippen molar-refractivity contribution in [3.63, 3.8) is 0 Å². The molecule has 2 N–H and O–H groups in total. The van der Waals surface area contributed by atoms with E-state index in [1.54, 1.807) is 13.1 Å². The summed E-state index contributed by atoms with van der Waals surface area (Å²) < 4.78 is 45.3. The monoisotopic (exact) mass is 553 g/mol. The van der Waals surface area contributed by atoms with E-state index in [9.17, 15) is 22.8 Å². The Labute approximate surface area is 229 Å². The normalized spacial score (nSPS) is 17.9.